The van der Waals surface area contributed by atoms with Gasteiger partial charge in [-0.05, 0) is 32.0 Å². The number of ether oxygens (including phenoxy) is 1. The number of aliphatic imine (C=N–C) groups is 1. The molecule has 7 heteroatoms. The highest BCUT2D eigenvalue weighted by Gasteiger charge is 2.34. The number of hydroxylamine groups is 1. The molecule has 1 aromatic carbocycles. The van der Waals surface area contributed by atoms with Crippen LogP contribution in [0, 0.1) is 0 Å². The van der Waals surface area contributed by atoms with Crippen molar-refractivity contribution in [2.45, 2.75) is 31.9 Å². The van der Waals surface area contributed by atoms with Crippen LogP contribution in [0.3, 0.4) is 0 Å². The smallest absolute Gasteiger partial charge is 0.280 e. The third-order valence-electron chi connectivity index (χ3n) is 3.20. The molecule has 0 spiro atoms. The average Bonchev–Trinajstić information content (AvgIpc) is 2.36. The third kappa shape index (κ3) is 3.50. The predicted molar refractivity (Wildman–Crippen MR) is 78.8 cm³/mol. The fourth-order valence-electron chi connectivity index (χ4n) is 2.42. The molecule has 2 rings (SSSR count). The second-order valence-corrected chi connectivity index (χ2v) is 5.53. The van der Waals surface area contributed by atoms with Crippen molar-refractivity contribution in [2.75, 3.05) is 7.11 Å². The van der Waals surface area contributed by atoms with E-state index in [4.69, 9.17) is 21.0 Å². The van der Waals surface area contributed by atoms with Crippen LogP contribution in [0.1, 0.15) is 42.2 Å². The molecular weight excluding hydrogens is 272 g/mol. The van der Waals surface area contributed by atoms with E-state index in [0.717, 1.165) is 5.56 Å². The predicted octanol–water partition coefficient (Wildman–Crippen LogP) is 0.853. The van der Waals surface area contributed by atoms with Crippen molar-refractivity contribution < 1.29 is 14.4 Å². The first-order valence-electron chi connectivity index (χ1n) is 6.58. The minimum absolute atomic E-state index is 0.0827. The standard InChI is InChI=1S/C14H20N4O3/c1-14(2)7-10(18-20-3)9-6-8(4-5-11(9)21-14)12(19)17-13(15)16/h4-6,10,18H,7H2,1-3H3,(H4,15,16,17,19). The number of hydrogen-bond donors (Lipinski definition) is 3. The quantitative estimate of drug-likeness (QED) is 0.432. The van der Waals surface area contributed by atoms with Gasteiger partial charge >= 0.3 is 0 Å². The first-order chi connectivity index (χ1) is 9.82. The zero-order valence-electron chi connectivity index (χ0n) is 12.3. The first kappa shape index (κ1) is 15.3. The van der Waals surface area contributed by atoms with E-state index in [2.05, 4.69) is 10.5 Å². The number of fused-ring (bicyclic) bond motifs is 1. The number of carbonyl (C=O) groups excluding carboxylic acids is 1. The molecule has 0 radical (unpaired) electrons. The van der Waals surface area contributed by atoms with E-state index in [1.807, 2.05) is 13.8 Å². The number of hydrogen-bond acceptors (Lipinski definition) is 4. The van der Waals surface area contributed by atoms with Crippen molar-refractivity contribution in [3.8, 4) is 5.75 Å². The van der Waals surface area contributed by atoms with Crippen molar-refractivity contribution in [3.05, 3.63) is 29.3 Å². The molecule has 21 heavy (non-hydrogen) atoms. The molecule has 1 aliphatic heterocycles. The fourth-order valence-corrected chi connectivity index (χ4v) is 2.42. The number of guanidine groups is 1. The Hall–Kier alpha value is -2.12. The maximum atomic E-state index is 11.9. The Balaban J connectivity index is 2.40. The fraction of sp³-hybridized carbons (Fsp3) is 0.429. The van der Waals surface area contributed by atoms with E-state index < -0.39 is 5.91 Å². The summed E-state index contributed by atoms with van der Waals surface area (Å²) in [4.78, 5) is 20.5. The van der Waals surface area contributed by atoms with Crippen molar-refractivity contribution in [1.82, 2.24) is 5.48 Å². The van der Waals surface area contributed by atoms with Crippen LogP contribution in [0.25, 0.3) is 0 Å². The number of amides is 1. The maximum Gasteiger partial charge on any atom is 0.280 e. The lowest BCUT2D eigenvalue weighted by Gasteiger charge is -2.37. The Morgan fingerprint density at radius 2 is 2.19 bits per heavy atom. The van der Waals surface area contributed by atoms with Gasteiger partial charge in [0.15, 0.2) is 5.96 Å². The van der Waals surface area contributed by atoms with Gasteiger partial charge in [0.2, 0.25) is 0 Å². The monoisotopic (exact) mass is 292 g/mol. The van der Waals surface area contributed by atoms with Crippen LogP contribution >= 0.6 is 0 Å². The van der Waals surface area contributed by atoms with Crippen LogP contribution in [0.4, 0.5) is 0 Å². The molecule has 114 valence electrons. The SMILES string of the molecule is CONC1CC(C)(C)Oc2ccc(C(=O)N=C(N)N)cc21. The molecule has 0 saturated heterocycles. The molecule has 7 nitrogen and oxygen atoms in total. The normalized spacial score (nSPS) is 19.3. The summed E-state index contributed by atoms with van der Waals surface area (Å²) in [5.41, 5.74) is 14.3. The molecule has 1 amide bonds. The molecule has 0 fully saturated rings. The molecule has 0 aromatic heterocycles. The van der Waals surface area contributed by atoms with Crippen molar-refractivity contribution in [3.63, 3.8) is 0 Å². The van der Waals surface area contributed by atoms with Crippen LogP contribution in [0.5, 0.6) is 5.75 Å². The summed E-state index contributed by atoms with van der Waals surface area (Å²) in [6.07, 6.45) is 0.702. The number of nitrogens with zero attached hydrogens (tertiary/aromatic N) is 1. The van der Waals surface area contributed by atoms with Crippen LogP contribution in [-0.2, 0) is 4.84 Å². The molecule has 0 bridgehead atoms. The van der Waals surface area contributed by atoms with Gasteiger partial charge < -0.3 is 21.0 Å². The van der Waals surface area contributed by atoms with E-state index in [-0.39, 0.29) is 17.6 Å². The molecule has 0 saturated carbocycles. The number of nitrogens with one attached hydrogen (secondary N) is 1. The minimum Gasteiger partial charge on any atom is -0.487 e. The summed E-state index contributed by atoms with van der Waals surface area (Å²) in [7, 11) is 1.55. The lowest BCUT2D eigenvalue weighted by Crippen LogP contribution is -2.39. The highest BCUT2D eigenvalue weighted by molar-refractivity contribution is 6.02. The molecule has 1 atom stereocenters. The van der Waals surface area contributed by atoms with E-state index >= 15 is 0 Å². The van der Waals surface area contributed by atoms with Crippen LogP contribution in [-0.4, -0.2) is 24.6 Å². The van der Waals surface area contributed by atoms with Crippen molar-refractivity contribution >= 4 is 11.9 Å². The Labute approximate surface area is 123 Å². The van der Waals surface area contributed by atoms with Gasteiger partial charge in [0.1, 0.15) is 11.4 Å². The number of rotatable bonds is 3. The second kappa shape index (κ2) is 5.71. The third-order valence-corrected chi connectivity index (χ3v) is 3.20. The summed E-state index contributed by atoms with van der Waals surface area (Å²) in [5, 5.41) is 0. The molecular formula is C14H20N4O3. The summed E-state index contributed by atoms with van der Waals surface area (Å²) >= 11 is 0. The summed E-state index contributed by atoms with van der Waals surface area (Å²) in [6.45, 7) is 4.00. The largest absolute Gasteiger partial charge is 0.487 e. The minimum atomic E-state index is -0.487. The van der Waals surface area contributed by atoms with Crippen molar-refractivity contribution in [1.29, 1.82) is 0 Å². The zero-order chi connectivity index (χ0) is 15.6. The van der Waals surface area contributed by atoms with Crippen molar-refractivity contribution in [2.24, 2.45) is 16.5 Å². The molecule has 0 aliphatic carbocycles. The lowest BCUT2D eigenvalue weighted by molar-refractivity contribution is 0.00296. The van der Waals surface area contributed by atoms with E-state index in [9.17, 15) is 4.79 Å². The van der Waals surface area contributed by atoms with Gasteiger partial charge in [-0.3, -0.25) is 4.79 Å². The van der Waals surface area contributed by atoms with E-state index in [1.165, 1.54) is 0 Å². The Kier molecular flexibility index (Phi) is 4.15. The first-order valence-corrected chi connectivity index (χ1v) is 6.58. The highest BCUT2D eigenvalue weighted by atomic mass is 16.6. The second-order valence-electron chi connectivity index (χ2n) is 5.53. The highest BCUT2D eigenvalue weighted by Crippen LogP contribution is 2.39. The van der Waals surface area contributed by atoms with E-state index in [1.54, 1.807) is 25.3 Å². The lowest BCUT2D eigenvalue weighted by atomic mass is 9.89. The Morgan fingerprint density at radius 1 is 1.48 bits per heavy atom. The summed E-state index contributed by atoms with van der Waals surface area (Å²) in [5.74, 6) is -0.0393. The van der Waals surface area contributed by atoms with Gasteiger partial charge in [-0.1, -0.05) is 0 Å². The Morgan fingerprint density at radius 3 is 2.81 bits per heavy atom. The Bertz CT molecular complexity index is 580. The maximum absolute atomic E-state index is 11.9. The summed E-state index contributed by atoms with van der Waals surface area (Å²) < 4.78 is 5.92. The van der Waals surface area contributed by atoms with Gasteiger partial charge in [0.05, 0.1) is 13.2 Å². The number of benzene rings is 1. The molecule has 5 N–H and O–H groups in total. The van der Waals surface area contributed by atoms with Crippen LogP contribution < -0.4 is 21.7 Å². The van der Waals surface area contributed by atoms with E-state index in [0.29, 0.717) is 17.7 Å². The van der Waals surface area contributed by atoms with Crippen LogP contribution in [0.15, 0.2) is 23.2 Å². The van der Waals surface area contributed by atoms with Gasteiger partial charge in [-0.2, -0.15) is 10.5 Å². The van der Waals surface area contributed by atoms with Gasteiger partial charge in [0.25, 0.3) is 5.91 Å². The zero-order valence-corrected chi connectivity index (χ0v) is 12.3. The average molecular weight is 292 g/mol. The van der Waals surface area contributed by atoms with Gasteiger partial charge in [-0.15, -0.1) is 0 Å². The molecule has 1 heterocycles. The molecule has 1 aliphatic rings. The van der Waals surface area contributed by atoms with Gasteiger partial charge in [0, 0.05) is 17.5 Å². The van der Waals surface area contributed by atoms with Crippen LogP contribution in [0.2, 0.25) is 0 Å². The number of carbonyl (C=O) groups is 1. The molecule has 1 unspecified atom stereocenters. The topological polar surface area (TPSA) is 112 Å². The number of nitrogens with two attached hydrogens (primary N) is 2. The summed E-state index contributed by atoms with van der Waals surface area (Å²) in [6, 6.07) is 5.02. The van der Waals surface area contributed by atoms with Gasteiger partial charge in [-0.25, -0.2) is 0 Å². The molecule has 1 aromatic rings.